The van der Waals surface area contributed by atoms with Crippen molar-refractivity contribution in [2.75, 3.05) is 0 Å². The molecule has 3 nitrogen and oxygen atoms in total. The van der Waals surface area contributed by atoms with Crippen LogP contribution in [0, 0.1) is 11.3 Å². The Balaban J connectivity index is 2.30. The van der Waals surface area contributed by atoms with Gasteiger partial charge in [-0.15, -0.1) is 0 Å². The van der Waals surface area contributed by atoms with Crippen molar-refractivity contribution >= 4 is 5.91 Å². The third-order valence-electron chi connectivity index (χ3n) is 5.70. The zero-order valence-electron chi connectivity index (χ0n) is 14.1. The molecule has 1 saturated heterocycles. The fourth-order valence-electron chi connectivity index (χ4n) is 3.57. The number of carbonyl (C=O) groups excluding carboxylic acids is 1. The Morgan fingerprint density at radius 2 is 1.90 bits per heavy atom. The van der Waals surface area contributed by atoms with E-state index < -0.39 is 0 Å². The Labute approximate surface area is 124 Å². The van der Waals surface area contributed by atoms with Gasteiger partial charge in [0.25, 0.3) is 0 Å². The molecule has 2 fully saturated rings. The lowest BCUT2D eigenvalue weighted by Crippen LogP contribution is -2.51. The van der Waals surface area contributed by atoms with Crippen molar-refractivity contribution in [1.29, 1.82) is 0 Å². The van der Waals surface area contributed by atoms with E-state index in [2.05, 4.69) is 51.8 Å². The van der Waals surface area contributed by atoms with Gasteiger partial charge in [0.15, 0.2) is 0 Å². The number of rotatable bonds is 3. The largest absolute Gasteiger partial charge is 0.322 e. The molecular formula is C17H32N2O. The molecule has 0 aromatic heterocycles. The zero-order valence-corrected chi connectivity index (χ0v) is 14.1. The molecule has 1 saturated carbocycles. The average Bonchev–Trinajstić information content (AvgIpc) is 2.96. The van der Waals surface area contributed by atoms with Crippen LogP contribution in [0.4, 0.5) is 0 Å². The fourth-order valence-corrected chi connectivity index (χ4v) is 3.57. The van der Waals surface area contributed by atoms with E-state index in [0.29, 0.717) is 11.8 Å². The Morgan fingerprint density at radius 3 is 2.35 bits per heavy atom. The van der Waals surface area contributed by atoms with Gasteiger partial charge in [-0.1, -0.05) is 40.5 Å². The van der Waals surface area contributed by atoms with Gasteiger partial charge < -0.3 is 4.90 Å². The molecule has 0 aromatic rings. The molecule has 116 valence electrons. The molecule has 2 rings (SSSR count). The first-order valence-electron chi connectivity index (χ1n) is 8.31. The maximum Gasteiger partial charge on any atom is 0.244 e. The lowest BCUT2D eigenvalue weighted by Gasteiger charge is -2.40. The summed E-state index contributed by atoms with van der Waals surface area (Å²) in [7, 11) is 0. The third kappa shape index (κ3) is 2.61. The Hall–Kier alpha value is -0.570. The van der Waals surface area contributed by atoms with E-state index in [1.165, 1.54) is 25.7 Å². The maximum atomic E-state index is 13.0. The first-order valence-corrected chi connectivity index (χ1v) is 8.31. The van der Waals surface area contributed by atoms with E-state index in [1.54, 1.807) is 0 Å². The number of hydrogen-bond acceptors (Lipinski definition) is 2. The molecular weight excluding hydrogens is 248 g/mol. The second-order valence-electron chi connectivity index (χ2n) is 8.07. The second kappa shape index (κ2) is 5.32. The van der Waals surface area contributed by atoms with E-state index >= 15 is 0 Å². The van der Waals surface area contributed by atoms with Gasteiger partial charge in [-0.25, -0.2) is 0 Å². The molecule has 1 heterocycles. The van der Waals surface area contributed by atoms with Crippen molar-refractivity contribution in [2.24, 2.45) is 11.3 Å². The molecule has 0 spiro atoms. The lowest BCUT2D eigenvalue weighted by molar-refractivity contribution is -0.137. The van der Waals surface area contributed by atoms with Gasteiger partial charge in [0.2, 0.25) is 5.91 Å². The summed E-state index contributed by atoms with van der Waals surface area (Å²) in [5.74, 6) is 0.941. The number of hydrogen-bond donors (Lipinski definition) is 1. The first-order chi connectivity index (χ1) is 9.20. The minimum absolute atomic E-state index is 0.118. The van der Waals surface area contributed by atoms with Crippen molar-refractivity contribution < 1.29 is 4.79 Å². The van der Waals surface area contributed by atoms with Gasteiger partial charge in [0.05, 0.1) is 11.7 Å². The van der Waals surface area contributed by atoms with E-state index in [4.69, 9.17) is 0 Å². The summed E-state index contributed by atoms with van der Waals surface area (Å²) in [6.07, 6.45) is 6.26. The molecule has 3 atom stereocenters. The second-order valence-corrected chi connectivity index (χ2v) is 8.07. The summed E-state index contributed by atoms with van der Waals surface area (Å²) >= 11 is 0. The van der Waals surface area contributed by atoms with Crippen molar-refractivity contribution in [1.82, 2.24) is 10.2 Å². The summed E-state index contributed by atoms with van der Waals surface area (Å²) in [5.41, 5.74) is -0.250. The summed E-state index contributed by atoms with van der Waals surface area (Å²) in [6.45, 7) is 13.1. The molecule has 2 aliphatic rings. The topological polar surface area (TPSA) is 32.3 Å². The van der Waals surface area contributed by atoms with Gasteiger partial charge in [-0.3, -0.25) is 10.1 Å². The van der Waals surface area contributed by atoms with Crippen LogP contribution in [0.5, 0.6) is 0 Å². The highest BCUT2D eigenvalue weighted by atomic mass is 16.2. The summed E-state index contributed by atoms with van der Waals surface area (Å²) in [4.78, 5) is 15.2. The average molecular weight is 280 g/mol. The standard InChI is InChI=1S/C17H32N2O/c1-7-17(6)15(20)19(12(2)16(3,4)5)14(18-17)13-10-8-9-11-13/h12-14,18H,7-11H2,1-6H3. The maximum absolute atomic E-state index is 13.0. The van der Waals surface area contributed by atoms with E-state index in [-0.39, 0.29) is 23.2 Å². The van der Waals surface area contributed by atoms with Crippen molar-refractivity contribution in [3.05, 3.63) is 0 Å². The van der Waals surface area contributed by atoms with Crippen molar-refractivity contribution in [2.45, 2.75) is 91.4 Å². The number of carbonyl (C=O) groups is 1. The van der Waals surface area contributed by atoms with E-state index in [9.17, 15) is 4.79 Å². The summed E-state index contributed by atoms with van der Waals surface area (Å²) in [5, 5.41) is 3.69. The van der Waals surface area contributed by atoms with Crippen LogP contribution >= 0.6 is 0 Å². The van der Waals surface area contributed by atoms with E-state index in [0.717, 1.165) is 6.42 Å². The van der Waals surface area contributed by atoms with Crippen LogP contribution < -0.4 is 5.32 Å². The monoisotopic (exact) mass is 280 g/mol. The Kier molecular flexibility index (Phi) is 4.21. The van der Waals surface area contributed by atoms with Crippen LogP contribution in [0.15, 0.2) is 0 Å². The lowest BCUT2D eigenvalue weighted by atomic mass is 9.85. The van der Waals surface area contributed by atoms with E-state index in [1.807, 2.05) is 0 Å². The number of nitrogens with one attached hydrogen (secondary N) is 1. The fraction of sp³-hybridized carbons (Fsp3) is 0.941. The zero-order chi connectivity index (χ0) is 15.1. The van der Waals surface area contributed by atoms with Gasteiger partial charge in [0, 0.05) is 6.04 Å². The predicted octanol–water partition coefficient (Wildman–Crippen LogP) is 3.54. The molecule has 1 amide bonds. The minimum atomic E-state index is -0.368. The molecule has 0 radical (unpaired) electrons. The Morgan fingerprint density at radius 1 is 1.35 bits per heavy atom. The number of nitrogens with zero attached hydrogens (tertiary/aromatic N) is 1. The minimum Gasteiger partial charge on any atom is -0.322 e. The van der Waals surface area contributed by atoms with Gasteiger partial charge in [0.1, 0.15) is 0 Å². The molecule has 1 aliphatic carbocycles. The van der Waals surface area contributed by atoms with Crippen molar-refractivity contribution in [3.8, 4) is 0 Å². The van der Waals surface area contributed by atoms with Crippen LogP contribution in [0.3, 0.4) is 0 Å². The highest BCUT2D eigenvalue weighted by molar-refractivity contribution is 5.88. The molecule has 20 heavy (non-hydrogen) atoms. The Bertz CT molecular complexity index is 368. The summed E-state index contributed by atoms with van der Waals surface area (Å²) in [6, 6.07) is 0.265. The molecule has 3 unspecified atom stereocenters. The van der Waals surface area contributed by atoms with Gasteiger partial charge in [-0.05, 0) is 44.4 Å². The van der Waals surface area contributed by atoms with Gasteiger partial charge in [-0.2, -0.15) is 0 Å². The molecule has 1 aliphatic heterocycles. The third-order valence-corrected chi connectivity index (χ3v) is 5.70. The quantitative estimate of drug-likeness (QED) is 0.857. The van der Waals surface area contributed by atoms with Crippen LogP contribution in [0.2, 0.25) is 0 Å². The molecule has 0 bridgehead atoms. The van der Waals surface area contributed by atoms with Crippen molar-refractivity contribution in [3.63, 3.8) is 0 Å². The van der Waals surface area contributed by atoms with Crippen LogP contribution in [0.25, 0.3) is 0 Å². The first kappa shape index (κ1) is 15.8. The normalized spacial score (nSPS) is 34.0. The van der Waals surface area contributed by atoms with Crippen LogP contribution in [-0.4, -0.2) is 28.6 Å². The smallest absolute Gasteiger partial charge is 0.244 e. The predicted molar refractivity (Wildman–Crippen MR) is 83.3 cm³/mol. The highest BCUT2D eigenvalue weighted by Crippen LogP contribution is 2.39. The highest BCUT2D eigenvalue weighted by Gasteiger charge is 2.52. The summed E-state index contributed by atoms with van der Waals surface area (Å²) < 4.78 is 0. The SMILES string of the molecule is CCC1(C)NC(C2CCCC2)N(C(C)C(C)(C)C)C1=O. The van der Waals surface area contributed by atoms with Gasteiger partial charge >= 0.3 is 0 Å². The molecule has 0 aromatic carbocycles. The molecule has 3 heteroatoms. The van der Waals surface area contributed by atoms with Crippen LogP contribution in [0.1, 0.15) is 73.6 Å². The number of amides is 1. The van der Waals surface area contributed by atoms with Crippen LogP contribution in [-0.2, 0) is 4.79 Å². The molecule has 1 N–H and O–H groups in total.